The van der Waals surface area contributed by atoms with Crippen LogP contribution < -0.4 is 16.0 Å². The van der Waals surface area contributed by atoms with Crippen LogP contribution in [0.1, 0.15) is 38.1 Å². The molecular formula is C24H31N5O3. The van der Waals surface area contributed by atoms with E-state index in [2.05, 4.69) is 16.9 Å². The van der Waals surface area contributed by atoms with Crippen molar-refractivity contribution >= 4 is 23.3 Å². The Labute approximate surface area is 187 Å². The van der Waals surface area contributed by atoms with Gasteiger partial charge < -0.3 is 14.2 Å². The largest absolute Gasteiger partial charge is 0.490 e. The molecule has 0 saturated carbocycles. The molecule has 8 heteroatoms. The number of imidazole rings is 1. The number of hydrogen-bond donors (Lipinski definition) is 0. The fourth-order valence-electron chi connectivity index (χ4n) is 4.22. The highest BCUT2D eigenvalue weighted by atomic mass is 16.5. The number of nitrogens with zero attached hydrogens (tertiary/aromatic N) is 5. The highest BCUT2D eigenvalue weighted by Crippen LogP contribution is 2.20. The second-order valence-corrected chi connectivity index (χ2v) is 8.30. The van der Waals surface area contributed by atoms with Gasteiger partial charge in [-0.05, 0) is 57.5 Å². The summed E-state index contributed by atoms with van der Waals surface area (Å²) in [4.78, 5) is 32.3. The first-order valence-corrected chi connectivity index (χ1v) is 11.3. The van der Waals surface area contributed by atoms with Gasteiger partial charge >= 0.3 is 5.69 Å². The molecule has 170 valence electrons. The lowest BCUT2D eigenvalue weighted by Crippen LogP contribution is -2.39. The van der Waals surface area contributed by atoms with Gasteiger partial charge in [0.1, 0.15) is 17.7 Å². The number of hydrogen-bond acceptors (Lipinski definition) is 5. The number of benzene rings is 1. The van der Waals surface area contributed by atoms with Crippen LogP contribution in [0.4, 0.5) is 0 Å². The zero-order valence-corrected chi connectivity index (χ0v) is 19.2. The molecule has 0 spiro atoms. The number of fused-ring (bicyclic) bond motifs is 1. The molecule has 0 bridgehead atoms. The van der Waals surface area contributed by atoms with Gasteiger partial charge in [-0.2, -0.15) is 0 Å². The van der Waals surface area contributed by atoms with Gasteiger partial charge in [0.25, 0.3) is 5.56 Å². The average Bonchev–Trinajstić information content (AvgIpc) is 3.11. The normalized spacial score (nSPS) is 15.8. The Balaban J connectivity index is 1.57. The molecule has 4 rings (SSSR count). The van der Waals surface area contributed by atoms with Crippen molar-refractivity contribution in [3.05, 3.63) is 56.5 Å². The second-order valence-electron chi connectivity index (χ2n) is 8.30. The Morgan fingerprint density at radius 2 is 1.66 bits per heavy atom. The molecule has 0 N–H and O–H groups in total. The maximum atomic E-state index is 12.8. The van der Waals surface area contributed by atoms with Crippen molar-refractivity contribution in [2.24, 2.45) is 7.05 Å². The third-order valence-electron chi connectivity index (χ3n) is 6.18. The molecule has 1 fully saturated rings. The summed E-state index contributed by atoms with van der Waals surface area (Å²) in [6.07, 6.45) is 6.19. The first kappa shape index (κ1) is 22.1. The van der Waals surface area contributed by atoms with Gasteiger partial charge in [0.2, 0.25) is 0 Å². The molecule has 3 heterocycles. The van der Waals surface area contributed by atoms with E-state index in [-0.39, 0.29) is 17.4 Å². The van der Waals surface area contributed by atoms with Crippen LogP contribution in [-0.4, -0.2) is 49.8 Å². The van der Waals surface area contributed by atoms with E-state index in [1.54, 1.807) is 23.1 Å². The number of piperidine rings is 1. The van der Waals surface area contributed by atoms with Crippen molar-refractivity contribution in [1.82, 2.24) is 23.6 Å². The summed E-state index contributed by atoms with van der Waals surface area (Å²) in [5.41, 5.74) is 1.25. The van der Waals surface area contributed by atoms with Crippen LogP contribution in [0.5, 0.6) is 5.75 Å². The molecule has 0 amide bonds. The minimum absolute atomic E-state index is 0.274. The van der Waals surface area contributed by atoms with Gasteiger partial charge in [0, 0.05) is 33.2 Å². The number of aromatic nitrogens is 4. The third-order valence-corrected chi connectivity index (χ3v) is 6.18. The van der Waals surface area contributed by atoms with E-state index in [1.165, 1.54) is 4.57 Å². The smallest absolute Gasteiger partial charge is 0.332 e. The monoisotopic (exact) mass is 437 g/mol. The molecule has 1 aliphatic rings. The zero-order valence-electron chi connectivity index (χ0n) is 19.2. The fourth-order valence-corrected chi connectivity index (χ4v) is 4.22. The van der Waals surface area contributed by atoms with Crippen LogP contribution in [0, 0.1) is 0 Å². The molecule has 0 unspecified atom stereocenters. The predicted molar refractivity (Wildman–Crippen MR) is 127 cm³/mol. The van der Waals surface area contributed by atoms with Crippen LogP contribution in [0.3, 0.4) is 0 Å². The topological polar surface area (TPSA) is 74.3 Å². The maximum absolute atomic E-state index is 12.8. The predicted octanol–water partition coefficient (Wildman–Crippen LogP) is 2.58. The standard InChI is InChI=1S/C24H31N5O3/c1-5-28-22-21(23(30)29(6-2)24(28)31)27(4)20(25-22)12-9-17-7-10-18(11-8-17)32-19-13-15-26(3)16-14-19/h7-12,19H,5-6,13-16H2,1-4H3/b12-9+. The Morgan fingerprint density at radius 3 is 2.28 bits per heavy atom. The van der Waals surface area contributed by atoms with E-state index in [0.29, 0.717) is 30.1 Å². The van der Waals surface area contributed by atoms with Crippen molar-refractivity contribution in [2.75, 3.05) is 20.1 Å². The van der Waals surface area contributed by atoms with Crippen molar-refractivity contribution in [3.63, 3.8) is 0 Å². The van der Waals surface area contributed by atoms with Gasteiger partial charge in [0.05, 0.1) is 0 Å². The molecule has 1 saturated heterocycles. The lowest BCUT2D eigenvalue weighted by molar-refractivity contribution is 0.114. The molecule has 0 radical (unpaired) electrons. The summed E-state index contributed by atoms with van der Waals surface area (Å²) in [5.74, 6) is 1.51. The summed E-state index contributed by atoms with van der Waals surface area (Å²) in [6, 6.07) is 7.99. The average molecular weight is 438 g/mol. The number of ether oxygens (including phenoxy) is 1. The summed E-state index contributed by atoms with van der Waals surface area (Å²) in [5, 5.41) is 0. The minimum atomic E-state index is -0.318. The highest BCUT2D eigenvalue weighted by Gasteiger charge is 2.19. The van der Waals surface area contributed by atoms with Crippen molar-refractivity contribution in [1.29, 1.82) is 0 Å². The fraction of sp³-hybridized carbons (Fsp3) is 0.458. The van der Waals surface area contributed by atoms with Crippen LogP contribution in [-0.2, 0) is 20.1 Å². The molecular weight excluding hydrogens is 406 g/mol. The summed E-state index contributed by atoms with van der Waals surface area (Å²) in [6.45, 7) is 6.60. The first-order valence-electron chi connectivity index (χ1n) is 11.3. The van der Waals surface area contributed by atoms with Crippen LogP contribution in [0.15, 0.2) is 33.9 Å². The van der Waals surface area contributed by atoms with Gasteiger partial charge in [-0.1, -0.05) is 18.2 Å². The van der Waals surface area contributed by atoms with Gasteiger partial charge in [0.15, 0.2) is 11.2 Å². The molecule has 3 aromatic rings. The van der Waals surface area contributed by atoms with Crippen molar-refractivity contribution in [3.8, 4) is 5.75 Å². The Hall–Kier alpha value is -3.13. The van der Waals surface area contributed by atoms with E-state index in [0.717, 1.165) is 37.2 Å². The van der Waals surface area contributed by atoms with E-state index >= 15 is 0 Å². The van der Waals surface area contributed by atoms with Crippen LogP contribution in [0.2, 0.25) is 0 Å². The quantitative estimate of drug-likeness (QED) is 0.593. The Bertz CT molecular complexity index is 1240. The van der Waals surface area contributed by atoms with Crippen LogP contribution in [0.25, 0.3) is 23.3 Å². The van der Waals surface area contributed by atoms with Gasteiger partial charge in [-0.15, -0.1) is 0 Å². The number of rotatable bonds is 6. The number of likely N-dealkylation sites (tertiary alicyclic amines) is 1. The second kappa shape index (κ2) is 9.16. The highest BCUT2D eigenvalue weighted by molar-refractivity contribution is 5.76. The molecule has 1 aromatic carbocycles. The van der Waals surface area contributed by atoms with E-state index in [1.807, 2.05) is 43.3 Å². The summed E-state index contributed by atoms with van der Waals surface area (Å²) < 4.78 is 10.7. The molecule has 0 aliphatic carbocycles. The SMILES string of the molecule is CCn1c(=O)c2c(nc(/C=C/c3ccc(OC4CCN(C)CC4)cc3)n2C)n(CC)c1=O. The Kier molecular flexibility index (Phi) is 6.32. The third kappa shape index (κ3) is 4.14. The van der Waals surface area contributed by atoms with E-state index < -0.39 is 0 Å². The van der Waals surface area contributed by atoms with Gasteiger partial charge in [-0.3, -0.25) is 13.9 Å². The minimum Gasteiger partial charge on any atom is -0.490 e. The van der Waals surface area contributed by atoms with Crippen LogP contribution >= 0.6 is 0 Å². The Morgan fingerprint density at radius 1 is 1.00 bits per heavy atom. The van der Waals surface area contributed by atoms with Gasteiger partial charge in [-0.25, -0.2) is 9.78 Å². The molecule has 1 aliphatic heterocycles. The zero-order chi connectivity index (χ0) is 22.8. The summed E-state index contributed by atoms with van der Waals surface area (Å²) in [7, 11) is 3.95. The lowest BCUT2D eigenvalue weighted by Gasteiger charge is -2.29. The first-order chi connectivity index (χ1) is 15.4. The molecule has 0 atom stereocenters. The van der Waals surface area contributed by atoms with E-state index in [4.69, 9.17) is 4.74 Å². The number of aryl methyl sites for hydroxylation is 2. The summed E-state index contributed by atoms with van der Waals surface area (Å²) >= 11 is 0. The molecule has 8 nitrogen and oxygen atoms in total. The van der Waals surface area contributed by atoms with Crippen molar-refractivity contribution in [2.45, 2.75) is 45.9 Å². The maximum Gasteiger partial charge on any atom is 0.332 e. The van der Waals surface area contributed by atoms with E-state index in [9.17, 15) is 9.59 Å². The lowest BCUT2D eigenvalue weighted by atomic mass is 10.1. The molecule has 32 heavy (non-hydrogen) atoms. The van der Waals surface area contributed by atoms with Crippen molar-refractivity contribution < 1.29 is 4.74 Å². The molecule has 2 aromatic heterocycles.